The minimum atomic E-state index is -1.12. The van der Waals surface area contributed by atoms with Crippen molar-refractivity contribution in [3.63, 3.8) is 0 Å². The van der Waals surface area contributed by atoms with Crippen LogP contribution in [0.15, 0.2) is 24.3 Å². The van der Waals surface area contributed by atoms with Crippen molar-refractivity contribution in [2.45, 2.75) is 32.9 Å². The summed E-state index contributed by atoms with van der Waals surface area (Å²) in [6, 6.07) is 5.23. The van der Waals surface area contributed by atoms with Gasteiger partial charge in [0, 0.05) is 5.39 Å². The highest BCUT2D eigenvalue weighted by molar-refractivity contribution is 6.06. The second-order valence-electron chi connectivity index (χ2n) is 5.88. The van der Waals surface area contributed by atoms with Crippen molar-refractivity contribution in [1.82, 2.24) is 20.8 Å². The lowest BCUT2D eigenvalue weighted by Gasteiger charge is -2.20. The number of carboxylic acids is 1. The van der Waals surface area contributed by atoms with Gasteiger partial charge < -0.3 is 15.7 Å². The normalized spacial score (nSPS) is 13.5. The molecule has 8 nitrogen and oxygen atoms in total. The fourth-order valence-electron chi connectivity index (χ4n) is 2.26. The summed E-state index contributed by atoms with van der Waals surface area (Å²) in [5, 5.41) is 21.4. The molecule has 8 heteroatoms. The van der Waals surface area contributed by atoms with E-state index in [-0.39, 0.29) is 11.6 Å². The number of hydrogen-bond donors (Lipinski definition) is 4. The standard InChI is InChI=1S/C16H20N4O4/c1-8(2)12(16(23)24)18-14(21)9(3)17-15(22)13-10-6-4-5-7-11(10)19-20-13/h4-9,12H,1-3H3,(H,17,22)(H,18,21)(H,19,20)(H,23,24)/t9?,12-/m1/s1. The third-order valence-electron chi connectivity index (χ3n) is 3.66. The Morgan fingerprint density at radius 2 is 1.79 bits per heavy atom. The molecule has 0 fully saturated rings. The summed E-state index contributed by atoms with van der Waals surface area (Å²) in [5.74, 6) is -2.46. The fourth-order valence-corrected chi connectivity index (χ4v) is 2.26. The van der Waals surface area contributed by atoms with Crippen LogP contribution in [0.5, 0.6) is 0 Å². The van der Waals surface area contributed by atoms with Gasteiger partial charge in [-0.3, -0.25) is 14.7 Å². The molecule has 128 valence electrons. The van der Waals surface area contributed by atoms with Gasteiger partial charge in [-0.25, -0.2) is 4.79 Å². The predicted molar refractivity (Wildman–Crippen MR) is 87.4 cm³/mol. The molecule has 0 aliphatic carbocycles. The van der Waals surface area contributed by atoms with E-state index in [0.29, 0.717) is 10.9 Å². The van der Waals surface area contributed by atoms with E-state index in [9.17, 15) is 14.4 Å². The van der Waals surface area contributed by atoms with Gasteiger partial charge in [-0.2, -0.15) is 5.10 Å². The topological polar surface area (TPSA) is 124 Å². The Labute approximate surface area is 138 Å². The van der Waals surface area contributed by atoms with Crippen LogP contribution >= 0.6 is 0 Å². The van der Waals surface area contributed by atoms with Gasteiger partial charge in [0.05, 0.1) is 5.52 Å². The summed E-state index contributed by atoms with van der Waals surface area (Å²) in [7, 11) is 0. The summed E-state index contributed by atoms with van der Waals surface area (Å²) < 4.78 is 0. The van der Waals surface area contributed by atoms with Gasteiger partial charge in [0.2, 0.25) is 5.91 Å². The molecule has 2 aromatic rings. The quantitative estimate of drug-likeness (QED) is 0.626. The van der Waals surface area contributed by atoms with Crippen LogP contribution < -0.4 is 10.6 Å². The van der Waals surface area contributed by atoms with Crippen molar-refractivity contribution < 1.29 is 19.5 Å². The molecule has 1 unspecified atom stereocenters. The lowest BCUT2D eigenvalue weighted by atomic mass is 10.0. The zero-order valence-corrected chi connectivity index (χ0v) is 13.7. The fraction of sp³-hybridized carbons (Fsp3) is 0.375. The van der Waals surface area contributed by atoms with E-state index < -0.39 is 29.9 Å². The first kappa shape index (κ1) is 17.5. The summed E-state index contributed by atoms with van der Waals surface area (Å²) in [4.78, 5) is 35.6. The van der Waals surface area contributed by atoms with Crippen LogP contribution in [0, 0.1) is 5.92 Å². The summed E-state index contributed by atoms with van der Waals surface area (Å²) in [6.07, 6.45) is 0. The molecule has 0 saturated heterocycles. The Morgan fingerprint density at radius 3 is 2.42 bits per heavy atom. The number of fused-ring (bicyclic) bond motifs is 1. The molecule has 0 radical (unpaired) electrons. The number of H-pyrrole nitrogens is 1. The molecule has 24 heavy (non-hydrogen) atoms. The minimum Gasteiger partial charge on any atom is -0.480 e. The van der Waals surface area contributed by atoms with Crippen LogP contribution in [-0.2, 0) is 9.59 Å². The van der Waals surface area contributed by atoms with E-state index in [1.54, 1.807) is 32.0 Å². The maximum absolute atomic E-state index is 12.3. The number of nitrogens with one attached hydrogen (secondary N) is 3. The van der Waals surface area contributed by atoms with E-state index in [1.165, 1.54) is 6.92 Å². The molecule has 0 spiro atoms. The average Bonchev–Trinajstić information content (AvgIpc) is 2.95. The van der Waals surface area contributed by atoms with Crippen LogP contribution in [-0.4, -0.2) is 45.2 Å². The lowest BCUT2D eigenvalue weighted by Crippen LogP contribution is -2.52. The first-order valence-electron chi connectivity index (χ1n) is 7.58. The van der Waals surface area contributed by atoms with Gasteiger partial charge in [-0.15, -0.1) is 0 Å². The van der Waals surface area contributed by atoms with Gasteiger partial charge >= 0.3 is 5.97 Å². The number of para-hydroxylation sites is 1. The number of carbonyl (C=O) groups excluding carboxylic acids is 2. The number of aliphatic carboxylic acids is 1. The molecule has 0 aliphatic heterocycles. The van der Waals surface area contributed by atoms with Crippen LogP contribution in [0.3, 0.4) is 0 Å². The van der Waals surface area contributed by atoms with Crippen molar-refractivity contribution in [1.29, 1.82) is 0 Å². The Balaban J connectivity index is 2.05. The maximum Gasteiger partial charge on any atom is 0.326 e. The molecule has 2 atom stereocenters. The monoisotopic (exact) mass is 332 g/mol. The Morgan fingerprint density at radius 1 is 1.12 bits per heavy atom. The molecule has 2 amide bonds. The summed E-state index contributed by atoms with van der Waals surface area (Å²) in [5.41, 5.74) is 0.898. The highest BCUT2D eigenvalue weighted by Crippen LogP contribution is 2.14. The van der Waals surface area contributed by atoms with Crippen LogP contribution in [0.25, 0.3) is 10.9 Å². The van der Waals surface area contributed by atoms with E-state index >= 15 is 0 Å². The van der Waals surface area contributed by atoms with Crippen LogP contribution in [0.1, 0.15) is 31.3 Å². The van der Waals surface area contributed by atoms with Crippen LogP contribution in [0.4, 0.5) is 0 Å². The van der Waals surface area contributed by atoms with E-state index in [4.69, 9.17) is 5.11 Å². The summed E-state index contributed by atoms with van der Waals surface area (Å²) >= 11 is 0. The number of benzene rings is 1. The second-order valence-corrected chi connectivity index (χ2v) is 5.88. The highest BCUT2D eigenvalue weighted by Gasteiger charge is 2.27. The molecule has 0 aliphatic rings. The molecule has 0 bridgehead atoms. The zero-order chi connectivity index (χ0) is 17.9. The number of carboxylic acid groups (broad SMARTS) is 1. The van der Waals surface area contributed by atoms with E-state index in [2.05, 4.69) is 20.8 Å². The SMILES string of the molecule is CC(NC(=O)c1n[nH]c2ccccc12)C(=O)N[C@@H](C(=O)O)C(C)C. The largest absolute Gasteiger partial charge is 0.480 e. The van der Waals surface area contributed by atoms with Gasteiger partial charge in [0.15, 0.2) is 5.69 Å². The van der Waals surface area contributed by atoms with Gasteiger partial charge in [-0.1, -0.05) is 32.0 Å². The number of aromatic amines is 1. The smallest absolute Gasteiger partial charge is 0.326 e. The van der Waals surface area contributed by atoms with Crippen molar-refractivity contribution >= 4 is 28.7 Å². The van der Waals surface area contributed by atoms with Crippen molar-refractivity contribution in [2.24, 2.45) is 5.92 Å². The molecule has 1 aromatic heterocycles. The van der Waals surface area contributed by atoms with Crippen LogP contribution in [0.2, 0.25) is 0 Å². The third kappa shape index (κ3) is 3.70. The van der Waals surface area contributed by atoms with E-state index in [1.807, 2.05) is 6.07 Å². The Kier molecular flexibility index (Phi) is 5.18. The number of amides is 2. The number of rotatable bonds is 6. The number of nitrogens with zero attached hydrogens (tertiary/aromatic N) is 1. The van der Waals surface area contributed by atoms with Crippen molar-refractivity contribution in [3.05, 3.63) is 30.0 Å². The second kappa shape index (κ2) is 7.12. The highest BCUT2D eigenvalue weighted by atomic mass is 16.4. The Hall–Kier alpha value is -2.90. The van der Waals surface area contributed by atoms with Crippen molar-refractivity contribution in [3.8, 4) is 0 Å². The molecule has 0 saturated carbocycles. The molecular weight excluding hydrogens is 312 g/mol. The minimum absolute atomic E-state index is 0.184. The molecule has 1 heterocycles. The molecular formula is C16H20N4O4. The average molecular weight is 332 g/mol. The van der Waals surface area contributed by atoms with Gasteiger partial charge in [-0.05, 0) is 18.9 Å². The van der Waals surface area contributed by atoms with Gasteiger partial charge in [0.25, 0.3) is 5.91 Å². The first-order valence-corrected chi connectivity index (χ1v) is 7.58. The molecule has 4 N–H and O–H groups in total. The van der Waals surface area contributed by atoms with E-state index in [0.717, 1.165) is 0 Å². The van der Waals surface area contributed by atoms with Gasteiger partial charge in [0.1, 0.15) is 12.1 Å². The first-order chi connectivity index (χ1) is 11.3. The van der Waals surface area contributed by atoms with Crippen molar-refractivity contribution in [2.75, 3.05) is 0 Å². The molecule has 2 rings (SSSR count). The number of aromatic nitrogens is 2. The Bertz CT molecular complexity index is 768. The zero-order valence-electron chi connectivity index (χ0n) is 13.7. The number of hydrogen-bond acceptors (Lipinski definition) is 4. The molecule has 1 aromatic carbocycles. The predicted octanol–water partition coefficient (Wildman–Crippen LogP) is 0.907. The summed E-state index contributed by atoms with van der Waals surface area (Å²) in [6.45, 7) is 4.87. The number of carbonyl (C=O) groups is 3. The lowest BCUT2D eigenvalue weighted by molar-refractivity contribution is -0.143. The third-order valence-corrected chi connectivity index (χ3v) is 3.66. The maximum atomic E-state index is 12.3.